The maximum absolute atomic E-state index is 15.8. The first-order valence-electron chi connectivity index (χ1n) is 27.8. The Morgan fingerprint density at radius 2 is 1.56 bits per heavy atom. The Labute approximate surface area is 471 Å². The summed E-state index contributed by atoms with van der Waals surface area (Å²) in [5.74, 6) is -4.58. The molecule has 3 heterocycles. The Kier molecular flexibility index (Phi) is 18.5. The fourth-order valence-corrected chi connectivity index (χ4v) is 14.6. The van der Waals surface area contributed by atoms with E-state index in [1.54, 1.807) is 69.3 Å². The minimum atomic E-state index is -2.46. The predicted molar refractivity (Wildman–Crippen MR) is 292 cm³/mol. The lowest BCUT2D eigenvalue weighted by atomic mass is 9.44. The fourth-order valence-electron chi connectivity index (χ4n) is 13.0. The van der Waals surface area contributed by atoms with Gasteiger partial charge < -0.3 is 59.7 Å². The molecule has 0 spiro atoms. The summed E-state index contributed by atoms with van der Waals surface area (Å²) in [5.41, 5.74) is -8.76. The van der Waals surface area contributed by atoms with E-state index in [-0.39, 0.29) is 42.2 Å². The molecule has 22 heteroatoms. The van der Waals surface area contributed by atoms with Gasteiger partial charge in [0.05, 0.1) is 29.5 Å². The van der Waals surface area contributed by atoms with Crippen LogP contribution in [-0.2, 0) is 47.6 Å². The zero-order chi connectivity index (χ0) is 58.0. The molecule has 438 valence electrons. The van der Waals surface area contributed by atoms with E-state index in [0.717, 1.165) is 38.6 Å². The first kappa shape index (κ1) is 60.5. The molecule has 1 unspecified atom stereocenters. The number of amides is 3. The summed E-state index contributed by atoms with van der Waals surface area (Å²) >= 11 is 1.98. The number of rotatable bonds is 19. The van der Waals surface area contributed by atoms with E-state index in [1.165, 1.54) is 39.8 Å². The molecule has 0 aromatic heterocycles. The summed E-state index contributed by atoms with van der Waals surface area (Å²) in [6, 6.07) is 15.5. The van der Waals surface area contributed by atoms with Gasteiger partial charge in [0.2, 0.25) is 5.91 Å². The quantitative estimate of drug-likeness (QED) is 0.0417. The highest BCUT2D eigenvalue weighted by Crippen LogP contribution is 2.64. The molecule has 2 saturated carbocycles. The summed E-state index contributed by atoms with van der Waals surface area (Å²) in [6.07, 6.45) is -8.74. The minimum Gasteiger partial charge on any atom is -0.456 e. The van der Waals surface area contributed by atoms with Gasteiger partial charge in [0.1, 0.15) is 41.7 Å². The Hall–Kier alpha value is -5.62. The zero-order valence-electron chi connectivity index (χ0n) is 46.9. The molecule has 21 nitrogen and oxygen atoms in total. The molecule has 2 aromatic rings. The van der Waals surface area contributed by atoms with Crippen LogP contribution in [0, 0.1) is 16.7 Å². The summed E-state index contributed by atoms with van der Waals surface area (Å²) in [6.45, 7) is 13.1. The highest BCUT2D eigenvalue weighted by molar-refractivity contribution is 8.00. The van der Waals surface area contributed by atoms with Crippen LogP contribution in [0.1, 0.15) is 129 Å². The van der Waals surface area contributed by atoms with Crippen LogP contribution < -0.4 is 26.6 Å². The van der Waals surface area contributed by atoms with Gasteiger partial charge in [0, 0.05) is 74.4 Å². The van der Waals surface area contributed by atoms with Crippen LogP contribution in [0.4, 0.5) is 9.59 Å². The summed E-state index contributed by atoms with van der Waals surface area (Å²) in [5, 5.41) is 54.2. The van der Waals surface area contributed by atoms with Crippen molar-refractivity contribution in [2.75, 3.05) is 32.1 Å². The van der Waals surface area contributed by atoms with Crippen LogP contribution in [0.25, 0.3) is 0 Å². The van der Waals surface area contributed by atoms with E-state index in [0.29, 0.717) is 48.7 Å². The van der Waals surface area contributed by atoms with Crippen molar-refractivity contribution in [3.8, 4) is 0 Å². The normalized spacial score (nSPS) is 31.9. The number of alkyl carbamates (subject to hydrolysis) is 2. The fraction of sp³-hybridized carbons (Fsp3) is 0.638. The van der Waals surface area contributed by atoms with Gasteiger partial charge in [-0.2, -0.15) is 11.8 Å². The van der Waals surface area contributed by atoms with Crippen molar-refractivity contribution in [3.05, 3.63) is 82.9 Å². The molecule has 80 heavy (non-hydrogen) atoms. The van der Waals surface area contributed by atoms with Crippen LogP contribution in [0.2, 0.25) is 0 Å². The third kappa shape index (κ3) is 12.3. The second-order valence-corrected chi connectivity index (χ2v) is 25.0. The Morgan fingerprint density at radius 1 is 0.887 bits per heavy atom. The molecular formula is C58H79N5O16S. The lowest BCUT2D eigenvalue weighted by Crippen LogP contribution is -2.82. The number of carbonyl (C=O) groups is 7. The van der Waals surface area contributed by atoms with Gasteiger partial charge >= 0.3 is 30.1 Å². The van der Waals surface area contributed by atoms with Crippen LogP contribution in [0.3, 0.4) is 0 Å². The maximum atomic E-state index is 15.8. The molecular weight excluding hydrogens is 1050 g/mol. The third-order valence-electron chi connectivity index (χ3n) is 17.1. The minimum absolute atomic E-state index is 0.0411. The second-order valence-electron chi connectivity index (χ2n) is 23.8. The third-order valence-corrected chi connectivity index (χ3v) is 18.7. The van der Waals surface area contributed by atoms with Crippen LogP contribution in [0.5, 0.6) is 0 Å². The maximum Gasteiger partial charge on any atom is 0.408 e. The Balaban J connectivity index is 1.05. The van der Waals surface area contributed by atoms with Crippen molar-refractivity contribution < 1.29 is 77.3 Å². The molecule has 2 aromatic carbocycles. The highest BCUT2D eigenvalue weighted by atomic mass is 32.2. The van der Waals surface area contributed by atoms with Gasteiger partial charge in [-0.25, -0.2) is 19.2 Å². The first-order valence-corrected chi connectivity index (χ1v) is 28.8. The topological polar surface area (TPSA) is 296 Å². The number of carbonyl (C=O) groups excluding carboxylic acids is 7. The van der Waals surface area contributed by atoms with Crippen molar-refractivity contribution in [1.82, 2.24) is 26.6 Å². The highest BCUT2D eigenvalue weighted by Gasteiger charge is 2.79. The second kappa shape index (κ2) is 24.5. The van der Waals surface area contributed by atoms with E-state index in [4.69, 9.17) is 28.4 Å². The Bertz CT molecular complexity index is 2650. The molecule has 3 saturated heterocycles. The molecule has 8 N–H and O–H groups in total. The molecule has 3 aliphatic carbocycles. The summed E-state index contributed by atoms with van der Waals surface area (Å²) < 4.78 is 36.5. The van der Waals surface area contributed by atoms with Crippen molar-refractivity contribution in [3.63, 3.8) is 0 Å². The molecule has 5 fully saturated rings. The number of aliphatic hydroxyl groups excluding tert-OH is 2. The number of fused-ring (bicyclic) bond motifs is 6. The van der Waals surface area contributed by atoms with Gasteiger partial charge in [0.25, 0.3) is 0 Å². The number of esters is 3. The van der Waals surface area contributed by atoms with Crippen molar-refractivity contribution in [2.24, 2.45) is 16.7 Å². The number of hydrogen-bond donors (Lipinski definition) is 8. The first-order chi connectivity index (χ1) is 37.8. The average Bonchev–Trinajstić information content (AvgIpc) is 4.12. The summed E-state index contributed by atoms with van der Waals surface area (Å²) in [7, 11) is 0. The number of unbranched alkanes of at least 4 members (excludes halogenated alkanes) is 2. The van der Waals surface area contributed by atoms with Crippen molar-refractivity contribution >= 4 is 53.5 Å². The number of thioether (sulfide) groups is 1. The number of aliphatic hydroxyl groups is 3. The SMILES string of the molecule is CC(=O)O[C@@]12CO[C@@H]1C[C@H](OC(=O)NCCCCNC(=O)CCCC[C@@H]1SC[C@@H]3NCN[C@@H]31)[C@@]1(C)C(=O)[C@H](O)C3=C(C)[C@@H](OC(=O)[C@H](O)[C@@H](NC(=O)OC(C)(C)C)c4ccccc4)C[C@@](O)([C@@H](OC(=O)c4ccccc4)C12)C3(C)C. The number of nitrogens with one attached hydrogen (secondary N) is 5. The average molecular weight is 1130 g/mol. The van der Waals surface area contributed by atoms with Gasteiger partial charge in [-0.3, -0.25) is 25.0 Å². The number of hydrogen-bond acceptors (Lipinski definition) is 19. The molecule has 14 atom stereocenters. The van der Waals surface area contributed by atoms with E-state index >= 15 is 4.79 Å². The number of ether oxygens (including phenoxy) is 6. The van der Waals surface area contributed by atoms with Gasteiger partial charge in [-0.15, -0.1) is 0 Å². The van der Waals surface area contributed by atoms with E-state index < -0.39 is 119 Å². The Morgan fingerprint density at radius 3 is 2.21 bits per heavy atom. The van der Waals surface area contributed by atoms with Crippen molar-refractivity contribution in [2.45, 2.75) is 184 Å². The molecule has 3 aliphatic heterocycles. The lowest BCUT2D eigenvalue weighted by molar-refractivity contribution is -0.345. The molecule has 3 amide bonds. The van der Waals surface area contributed by atoms with Crippen LogP contribution in [0.15, 0.2) is 71.8 Å². The molecule has 8 rings (SSSR count). The standard InChI is InChI=1S/C58H79N5O16S/c1-32-37(75-51(70)46(67)43(34-19-11-9-12-20-34)63-53(72)79-54(3,4)5)28-58(73)49(77-50(69)35-21-13-10-14-22-35)47-56(8,48(68)45(66)42(32)55(58,6)7)39(27-40-57(47,30-74-40)78-33(2)64)76-52(71)60-26-18-17-25-59-41(65)24-16-15-23-38-44-36(29-80-38)61-31-62-44/h9-14,19-22,36-40,43-47,49,61-62,66-67,73H,15-18,23-31H2,1-8H3,(H,59,65)(H,60,71)(H,63,72)/t36-,37-,38-,39-,40+,43-,44-,45+,46+,47?,49-,56+,57-,58+/m0/s1. The van der Waals surface area contributed by atoms with Crippen LogP contribution in [-0.4, -0.2) is 160 Å². The molecule has 6 aliphatic rings. The van der Waals surface area contributed by atoms with Gasteiger partial charge in [-0.05, 0) is 89.1 Å². The van der Waals surface area contributed by atoms with E-state index in [1.807, 2.05) is 11.8 Å². The predicted octanol–water partition coefficient (Wildman–Crippen LogP) is 4.45. The number of Topliss-reactive ketones (excluding diaryl/α,β-unsaturated/α-hetero) is 1. The van der Waals surface area contributed by atoms with Gasteiger partial charge in [0.15, 0.2) is 17.5 Å². The smallest absolute Gasteiger partial charge is 0.408 e. The van der Waals surface area contributed by atoms with Gasteiger partial charge in [-0.1, -0.05) is 68.8 Å². The largest absolute Gasteiger partial charge is 0.456 e. The number of benzene rings is 2. The van der Waals surface area contributed by atoms with E-state index in [9.17, 15) is 44.1 Å². The summed E-state index contributed by atoms with van der Waals surface area (Å²) in [4.78, 5) is 97.9. The molecule has 2 bridgehead atoms. The van der Waals surface area contributed by atoms with Crippen LogP contribution >= 0.6 is 11.8 Å². The van der Waals surface area contributed by atoms with Crippen molar-refractivity contribution in [1.29, 1.82) is 0 Å². The zero-order valence-corrected chi connectivity index (χ0v) is 47.7. The monoisotopic (exact) mass is 1130 g/mol. The number of ketones is 1. The van der Waals surface area contributed by atoms with E-state index in [2.05, 4.69) is 26.6 Å². The molecule has 0 radical (unpaired) electrons. The lowest BCUT2D eigenvalue weighted by Gasteiger charge is -2.67.